The molecule has 0 aliphatic carbocycles. The number of nitriles is 1. The zero-order valence-corrected chi connectivity index (χ0v) is 10.9. The van der Waals surface area contributed by atoms with E-state index in [2.05, 4.69) is 21.2 Å². The van der Waals surface area contributed by atoms with Crippen molar-refractivity contribution in [1.82, 2.24) is 0 Å². The van der Waals surface area contributed by atoms with Gasteiger partial charge in [-0.1, -0.05) is 22.0 Å². The highest BCUT2D eigenvalue weighted by Gasteiger charge is 2.03. The fraction of sp³-hybridized carbons (Fsp3) is 0.154. The van der Waals surface area contributed by atoms with Crippen molar-refractivity contribution in [2.24, 2.45) is 0 Å². The minimum absolute atomic E-state index is 0.341. The van der Waals surface area contributed by atoms with Crippen molar-refractivity contribution < 1.29 is 4.42 Å². The molecule has 0 spiro atoms. The van der Waals surface area contributed by atoms with Crippen LogP contribution in [0.25, 0.3) is 0 Å². The molecule has 0 saturated carbocycles. The van der Waals surface area contributed by atoms with Gasteiger partial charge in [0.2, 0.25) is 5.76 Å². The summed E-state index contributed by atoms with van der Waals surface area (Å²) in [6, 6.07) is 11.4. The van der Waals surface area contributed by atoms with Crippen molar-refractivity contribution in [2.75, 3.05) is 5.32 Å². The number of nitrogens with zero attached hydrogens (tertiary/aromatic N) is 1. The van der Waals surface area contributed by atoms with Gasteiger partial charge in [-0.05, 0) is 36.8 Å². The minimum atomic E-state index is 0.341. The molecule has 2 aromatic rings. The van der Waals surface area contributed by atoms with E-state index in [1.54, 1.807) is 12.1 Å². The molecule has 1 aromatic heterocycles. The van der Waals surface area contributed by atoms with E-state index in [-0.39, 0.29) is 0 Å². The van der Waals surface area contributed by atoms with E-state index in [9.17, 15) is 0 Å². The maximum atomic E-state index is 8.65. The standard InChI is InChI=1S/C13H11BrN2O/c1-9-12(14)3-2-4-13(9)16-8-11-6-5-10(7-15)17-11/h2-6,16H,8H2,1H3. The van der Waals surface area contributed by atoms with Gasteiger partial charge in [0, 0.05) is 10.2 Å². The molecule has 0 atom stereocenters. The number of hydrogen-bond donors (Lipinski definition) is 1. The van der Waals surface area contributed by atoms with Gasteiger partial charge in [-0.3, -0.25) is 0 Å². The average molecular weight is 291 g/mol. The zero-order chi connectivity index (χ0) is 12.3. The third-order valence-corrected chi connectivity index (χ3v) is 3.35. The quantitative estimate of drug-likeness (QED) is 0.934. The SMILES string of the molecule is Cc1c(Br)cccc1NCc1ccc(C#N)o1. The smallest absolute Gasteiger partial charge is 0.203 e. The van der Waals surface area contributed by atoms with Crippen LogP contribution in [0.2, 0.25) is 0 Å². The highest BCUT2D eigenvalue weighted by atomic mass is 79.9. The maximum Gasteiger partial charge on any atom is 0.203 e. The minimum Gasteiger partial charge on any atom is -0.449 e. The highest BCUT2D eigenvalue weighted by molar-refractivity contribution is 9.10. The number of anilines is 1. The van der Waals surface area contributed by atoms with Crippen LogP contribution in [-0.2, 0) is 6.54 Å². The van der Waals surface area contributed by atoms with Gasteiger partial charge < -0.3 is 9.73 Å². The molecule has 86 valence electrons. The summed E-state index contributed by atoms with van der Waals surface area (Å²) in [5.41, 5.74) is 2.20. The lowest BCUT2D eigenvalue weighted by Crippen LogP contribution is -2.00. The van der Waals surface area contributed by atoms with Crippen LogP contribution in [0.4, 0.5) is 5.69 Å². The van der Waals surface area contributed by atoms with Gasteiger partial charge in [0.1, 0.15) is 11.8 Å². The first-order valence-electron chi connectivity index (χ1n) is 5.18. The predicted octanol–water partition coefficient (Wildman–Crippen LogP) is 3.83. The Labute approximate surface area is 108 Å². The summed E-state index contributed by atoms with van der Waals surface area (Å²) in [6.07, 6.45) is 0. The van der Waals surface area contributed by atoms with Gasteiger partial charge >= 0.3 is 0 Å². The molecule has 0 amide bonds. The summed E-state index contributed by atoms with van der Waals surface area (Å²) in [7, 11) is 0. The number of furan rings is 1. The molecule has 1 aromatic carbocycles. The van der Waals surface area contributed by atoms with Crippen molar-refractivity contribution in [1.29, 1.82) is 5.26 Å². The van der Waals surface area contributed by atoms with Crippen LogP contribution in [0.1, 0.15) is 17.1 Å². The summed E-state index contributed by atoms with van der Waals surface area (Å²) >= 11 is 3.48. The second-order valence-corrected chi connectivity index (χ2v) is 4.50. The molecule has 0 bridgehead atoms. The lowest BCUT2D eigenvalue weighted by Gasteiger charge is -2.09. The van der Waals surface area contributed by atoms with Crippen molar-refractivity contribution in [2.45, 2.75) is 13.5 Å². The number of benzene rings is 1. The van der Waals surface area contributed by atoms with Crippen LogP contribution in [0, 0.1) is 18.3 Å². The van der Waals surface area contributed by atoms with E-state index in [1.807, 2.05) is 31.2 Å². The van der Waals surface area contributed by atoms with Crippen molar-refractivity contribution in [3.05, 3.63) is 51.9 Å². The lowest BCUT2D eigenvalue weighted by molar-refractivity contribution is 0.506. The third kappa shape index (κ3) is 2.69. The van der Waals surface area contributed by atoms with Crippen LogP contribution in [-0.4, -0.2) is 0 Å². The summed E-state index contributed by atoms with van der Waals surface area (Å²) in [5, 5.41) is 11.9. The molecule has 0 saturated heterocycles. The molecule has 4 heteroatoms. The monoisotopic (exact) mass is 290 g/mol. The summed E-state index contributed by atoms with van der Waals surface area (Å²) in [5.74, 6) is 1.09. The number of hydrogen-bond acceptors (Lipinski definition) is 3. The van der Waals surface area contributed by atoms with E-state index in [1.165, 1.54) is 0 Å². The van der Waals surface area contributed by atoms with Crippen molar-refractivity contribution >= 4 is 21.6 Å². The Morgan fingerprint density at radius 2 is 2.18 bits per heavy atom. The highest BCUT2D eigenvalue weighted by Crippen LogP contribution is 2.24. The fourth-order valence-corrected chi connectivity index (χ4v) is 1.88. The van der Waals surface area contributed by atoms with Crippen molar-refractivity contribution in [3.63, 3.8) is 0 Å². The van der Waals surface area contributed by atoms with E-state index in [0.29, 0.717) is 12.3 Å². The normalized spacial score (nSPS) is 9.94. The molecule has 0 radical (unpaired) electrons. The van der Waals surface area contributed by atoms with Gasteiger partial charge in [-0.15, -0.1) is 0 Å². The molecule has 0 fully saturated rings. The Morgan fingerprint density at radius 3 is 2.88 bits per heavy atom. The molecule has 0 unspecified atom stereocenters. The fourth-order valence-electron chi connectivity index (χ4n) is 1.51. The first kappa shape index (κ1) is 11.7. The van der Waals surface area contributed by atoms with Gasteiger partial charge in [0.15, 0.2) is 0 Å². The Morgan fingerprint density at radius 1 is 1.35 bits per heavy atom. The maximum absolute atomic E-state index is 8.65. The summed E-state index contributed by atoms with van der Waals surface area (Å²) < 4.78 is 6.36. The van der Waals surface area contributed by atoms with Crippen molar-refractivity contribution in [3.8, 4) is 6.07 Å². The predicted molar refractivity (Wildman–Crippen MR) is 69.6 cm³/mol. The van der Waals surface area contributed by atoms with E-state index in [0.717, 1.165) is 21.5 Å². The molecular weight excluding hydrogens is 280 g/mol. The summed E-state index contributed by atoms with van der Waals surface area (Å²) in [4.78, 5) is 0. The first-order valence-corrected chi connectivity index (χ1v) is 5.98. The van der Waals surface area contributed by atoms with Crippen LogP contribution in [0.5, 0.6) is 0 Å². The van der Waals surface area contributed by atoms with Crippen LogP contribution < -0.4 is 5.32 Å². The molecular formula is C13H11BrN2O. The molecule has 1 N–H and O–H groups in total. The molecule has 1 heterocycles. The first-order chi connectivity index (χ1) is 8.20. The average Bonchev–Trinajstić information content (AvgIpc) is 2.79. The topological polar surface area (TPSA) is 49.0 Å². The molecule has 3 nitrogen and oxygen atoms in total. The number of halogens is 1. The molecule has 17 heavy (non-hydrogen) atoms. The largest absolute Gasteiger partial charge is 0.449 e. The Balaban J connectivity index is 2.07. The second-order valence-electron chi connectivity index (χ2n) is 3.64. The van der Waals surface area contributed by atoms with E-state index in [4.69, 9.17) is 9.68 Å². The molecule has 0 aliphatic heterocycles. The summed E-state index contributed by atoms with van der Waals surface area (Å²) in [6.45, 7) is 2.61. The lowest BCUT2D eigenvalue weighted by atomic mass is 10.2. The number of nitrogens with one attached hydrogen (secondary N) is 1. The second kappa shape index (κ2) is 5.07. The van der Waals surface area contributed by atoms with Gasteiger partial charge in [-0.2, -0.15) is 5.26 Å². The Hall–Kier alpha value is -1.73. The van der Waals surface area contributed by atoms with Crippen LogP contribution >= 0.6 is 15.9 Å². The van der Waals surface area contributed by atoms with Crippen LogP contribution in [0.3, 0.4) is 0 Å². The van der Waals surface area contributed by atoms with Gasteiger partial charge in [0.05, 0.1) is 6.54 Å². The van der Waals surface area contributed by atoms with Gasteiger partial charge in [-0.25, -0.2) is 0 Å². The Kier molecular flexibility index (Phi) is 3.50. The Bertz CT molecular complexity index is 569. The van der Waals surface area contributed by atoms with Crippen LogP contribution in [0.15, 0.2) is 39.2 Å². The zero-order valence-electron chi connectivity index (χ0n) is 9.33. The third-order valence-electron chi connectivity index (χ3n) is 2.49. The van der Waals surface area contributed by atoms with E-state index < -0.39 is 0 Å². The van der Waals surface area contributed by atoms with Gasteiger partial charge in [0.25, 0.3) is 0 Å². The van der Waals surface area contributed by atoms with E-state index >= 15 is 0 Å². The molecule has 0 aliphatic rings. The number of rotatable bonds is 3. The molecule has 2 rings (SSSR count).